The number of hydrogen-bond acceptors (Lipinski definition) is 3. The molecule has 0 fully saturated rings. The van der Waals surface area contributed by atoms with E-state index in [0.29, 0.717) is 0 Å². The summed E-state index contributed by atoms with van der Waals surface area (Å²) in [4.78, 5) is 18.2. The summed E-state index contributed by atoms with van der Waals surface area (Å²) < 4.78 is 0. The van der Waals surface area contributed by atoms with E-state index in [2.05, 4.69) is 53.9 Å². The lowest BCUT2D eigenvalue weighted by Gasteiger charge is -2.24. The highest BCUT2D eigenvalue weighted by Crippen LogP contribution is 2.23. The van der Waals surface area contributed by atoms with E-state index < -0.39 is 5.97 Å². The number of carbonyl (C=O) groups is 1. The highest BCUT2D eigenvalue weighted by Gasteiger charge is 2.07. The number of benzene rings is 1. The standard InChI is InChI=1S/C24H28N2O2S/c1-4-6-16-26(17-7-5-2)20-11-8-19(9-12-20)10-13-21-14-15-22(29-21)18-23(25-3)24(27)28/h8-15,18H,4-7,16-17H2,1-2H3,(H,27,28). The van der Waals surface area contributed by atoms with Crippen LogP contribution in [0.1, 0.15) is 54.8 Å². The molecule has 0 atom stereocenters. The molecule has 1 heterocycles. The Kier molecular flexibility index (Phi) is 9.20. The van der Waals surface area contributed by atoms with Crippen molar-refractivity contribution in [3.63, 3.8) is 0 Å². The topological polar surface area (TPSA) is 44.9 Å². The number of carboxylic acid groups (broad SMARTS) is 1. The molecule has 0 saturated heterocycles. The van der Waals surface area contributed by atoms with Crippen molar-refractivity contribution in [3.8, 4) is 0 Å². The van der Waals surface area contributed by atoms with Crippen LogP contribution in [0.4, 0.5) is 5.69 Å². The molecule has 0 aliphatic carbocycles. The van der Waals surface area contributed by atoms with E-state index >= 15 is 0 Å². The maximum atomic E-state index is 10.9. The van der Waals surface area contributed by atoms with E-state index in [4.69, 9.17) is 11.7 Å². The van der Waals surface area contributed by atoms with Gasteiger partial charge < -0.3 is 10.0 Å². The number of hydrogen-bond donors (Lipinski definition) is 1. The minimum absolute atomic E-state index is 0.270. The van der Waals surface area contributed by atoms with Crippen LogP contribution in [0.5, 0.6) is 0 Å². The van der Waals surface area contributed by atoms with E-state index in [1.165, 1.54) is 48.8 Å². The highest BCUT2D eigenvalue weighted by molar-refractivity contribution is 7.13. The fourth-order valence-electron chi connectivity index (χ4n) is 2.85. The van der Waals surface area contributed by atoms with E-state index in [-0.39, 0.29) is 5.70 Å². The highest BCUT2D eigenvalue weighted by atomic mass is 32.1. The summed E-state index contributed by atoms with van der Waals surface area (Å²) in [6.07, 6.45) is 10.3. The van der Waals surface area contributed by atoms with Crippen molar-refractivity contribution >= 4 is 41.2 Å². The summed E-state index contributed by atoms with van der Waals surface area (Å²) in [5.74, 6) is -1.20. The second-order valence-electron chi connectivity index (χ2n) is 6.81. The van der Waals surface area contributed by atoms with Crippen molar-refractivity contribution in [1.82, 2.24) is 0 Å². The number of carboxylic acids is 1. The Morgan fingerprint density at radius 3 is 2.21 bits per heavy atom. The number of anilines is 1. The molecule has 0 radical (unpaired) electrons. The van der Waals surface area contributed by atoms with Crippen molar-refractivity contribution in [3.05, 3.63) is 68.8 Å². The van der Waals surface area contributed by atoms with Crippen LogP contribution < -0.4 is 4.90 Å². The lowest BCUT2D eigenvalue weighted by atomic mass is 10.1. The van der Waals surface area contributed by atoms with Crippen LogP contribution in [0.2, 0.25) is 0 Å². The van der Waals surface area contributed by atoms with Gasteiger partial charge >= 0.3 is 5.97 Å². The maximum Gasteiger partial charge on any atom is 0.333 e. The van der Waals surface area contributed by atoms with Crippen molar-refractivity contribution in [2.24, 2.45) is 0 Å². The van der Waals surface area contributed by atoms with Crippen molar-refractivity contribution in [1.29, 1.82) is 0 Å². The second kappa shape index (κ2) is 11.9. The van der Waals surface area contributed by atoms with Crippen LogP contribution in [-0.4, -0.2) is 24.2 Å². The van der Waals surface area contributed by atoms with Gasteiger partial charge in [0.25, 0.3) is 5.70 Å². The van der Waals surface area contributed by atoms with Crippen molar-refractivity contribution < 1.29 is 9.90 Å². The molecule has 0 spiro atoms. The van der Waals surface area contributed by atoms with Crippen LogP contribution in [0.25, 0.3) is 23.1 Å². The molecule has 0 bridgehead atoms. The third-order valence-electron chi connectivity index (χ3n) is 4.53. The molecule has 0 aliphatic rings. The third kappa shape index (κ3) is 7.24. The van der Waals surface area contributed by atoms with Gasteiger partial charge in [0, 0.05) is 28.5 Å². The first-order valence-electron chi connectivity index (χ1n) is 10.0. The van der Waals surface area contributed by atoms with Crippen LogP contribution in [0.3, 0.4) is 0 Å². The Morgan fingerprint density at radius 2 is 1.66 bits per heavy atom. The summed E-state index contributed by atoms with van der Waals surface area (Å²) >= 11 is 1.46. The molecule has 1 N–H and O–H groups in total. The minimum atomic E-state index is -1.20. The van der Waals surface area contributed by atoms with Gasteiger partial charge in [-0.1, -0.05) is 44.9 Å². The second-order valence-corrected chi connectivity index (χ2v) is 7.95. The fourth-order valence-corrected chi connectivity index (χ4v) is 3.71. The molecule has 2 aromatic rings. The van der Waals surface area contributed by atoms with Crippen molar-refractivity contribution in [2.45, 2.75) is 39.5 Å². The molecule has 152 valence electrons. The first-order valence-corrected chi connectivity index (χ1v) is 10.8. The van der Waals surface area contributed by atoms with Gasteiger partial charge in [0.05, 0.1) is 6.57 Å². The van der Waals surface area contributed by atoms with Crippen LogP contribution >= 0.6 is 11.3 Å². The molecule has 2 rings (SSSR count). The number of nitrogens with zero attached hydrogens (tertiary/aromatic N) is 2. The van der Waals surface area contributed by atoms with Gasteiger partial charge in [-0.2, -0.15) is 0 Å². The molecule has 0 saturated carbocycles. The van der Waals surface area contributed by atoms with Gasteiger partial charge in [-0.15, -0.1) is 11.3 Å². The number of thiophene rings is 1. The Morgan fingerprint density at radius 1 is 1.03 bits per heavy atom. The molecule has 1 aromatic carbocycles. The molecule has 0 amide bonds. The van der Waals surface area contributed by atoms with E-state index in [1.807, 2.05) is 18.2 Å². The zero-order chi connectivity index (χ0) is 21.1. The lowest BCUT2D eigenvalue weighted by molar-refractivity contribution is -0.132. The monoisotopic (exact) mass is 408 g/mol. The SMILES string of the molecule is [C-]#[N+]C(=Cc1ccc(C=Cc2ccc(N(CCCC)CCCC)cc2)s1)C(=O)O. The summed E-state index contributed by atoms with van der Waals surface area (Å²) in [5, 5.41) is 8.96. The predicted molar refractivity (Wildman–Crippen MR) is 124 cm³/mol. The Bertz CT molecular complexity index is 880. The van der Waals surface area contributed by atoms with E-state index in [9.17, 15) is 4.79 Å². The van der Waals surface area contributed by atoms with E-state index in [1.54, 1.807) is 0 Å². The summed E-state index contributed by atoms with van der Waals surface area (Å²) in [5.41, 5.74) is 2.12. The van der Waals surface area contributed by atoms with Gasteiger partial charge in [0.2, 0.25) is 0 Å². The average molecular weight is 409 g/mol. The zero-order valence-corrected chi connectivity index (χ0v) is 17.9. The van der Waals surface area contributed by atoms with Gasteiger partial charge in [-0.3, -0.25) is 4.79 Å². The Labute approximate surface area is 177 Å². The zero-order valence-electron chi connectivity index (χ0n) is 17.1. The van der Waals surface area contributed by atoms with Crippen LogP contribution in [-0.2, 0) is 4.79 Å². The maximum absolute atomic E-state index is 10.9. The average Bonchev–Trinajstić information content (AvgIpc) is 3.18. The van der Waals surface area contributed by atoms with Gasteiger partial charge in [-0.25, -0.2) is 4.85 Å². The number of unbranched alkanes of at least 4 members (excludes halogenated alkanes) is 2. The Balaban J connectivity index is 2.06. The quantitative estimate of drug-likeness (QED) is 0.333. The van der Waals surface area contributed by atoms with Gasteiger partial charge in [0.15, 0.2) is 0 Å². The molecule has 5 heteroatoms. The molecule has 4 nitrogen and oxygen atoms in total. The first-order chi connectivity index (χ1) is 14.1. The first kappa shape index (κ1) is 22.4. The molecule has 1 aromatic heterocycles. The Hall–Kier alpha value is -2.84. The summed E-state index contributed by atoms with van der Waals surface area (Å²) in [6, 6.07) is 12.4. The normalized spacial score (nSPS) is 11.6. The largest absolute Gasteiger partial charge is 0.486 e. The number of rotatable bonds is 11. The minimum Gasteiger partial charge on any atom is -0.486 e. The predicted octanol–water partition coefficient (Wildman–Crippen LogP) is 6.67. The van der Waals surface area contributed by atoms with Crippen LogP contribution in [0.15, 0.2) is 42.1 Å². The molecular weight excluding hydrogens is 380 g/mol. The summed E-state index contributed by atoms with van der Waals surface area (Å²) in [7, 11) is 0. The van der Waals surface area contributed by atoms with Crippen LogP contribution in [0, 0.1) is 6.57 Å². The molecule has 0 aliphatic heterocycles. The van der Waals surface area contributed by atoms with Gasteiger partial charge in [0.1, 0.15) is 0 Å². The van der Waals surface area contributed by atoms with Gasteiger partial charge in [-0.05, 0) is 54.8 Å². The molecule has 0 unspecified atom stereocenters. The molecule has 29 heavy (non-hydrogen) atoms. The molecular formula is C24H28N2O2S. The number of aliphatic carboxylic acids is 1. The van der Waals surface area contributed by atoms with Crippen molar-refractivity contribution in [2.75, 3.05) is 18.0 Å². The fraction of sp³-hybridized carbons (Fsp3) is 0.333. The lowest BCUT2D eigenvalue weighted by Crippen LogP contribution is -2.25. The third-order valence-corrected chi connectivity index (χ3v) is 5.53. The smallest absolute Gasteiger partial charge is 0.333 e. The summed E-state index contributed by atoms with van der Waals surface area (Å²) in [6.45, 7) is 13.6. The van der Waals surface area contributed by atoms with E-state index in [0.717, 1.165) is 28.4 Å².